The standard InChI is InChI=1S/C26H26ClNO/c1-3-18-5-9-20(10-6-18)26(21-11-7-19(4-2)8-12-21)17-24(26)25(29)28-23-15-13-22(27)14-16-23/h5-16,24H,3-4,17H2,1-2H3,(H,28,29)/t24-/m1/s1. The maximum Gasteiger partial charge on any atom is 0.228 e. The zero-order chi connectivity index (χ0) is 20.4. The summed E-state index contributed by atoms with van der Waals surface area (Å²) in [4.78, 5) is 13.1. The van der Waals surface area contributed by atoms with Gasteiger partial charge in [0.1, 0.15) is 0 Å². The Balaban J connectivity index is 1.66. The fourth-order valence-corrected chi connectivity index (χ4v) is 4.35. The second-order valence-corrected chi connectivity index (χ2v) is 8.26. The average molecular weight is 404 g/mol. The van der Waals surface area contributed by atoms with Gasteiger partial charge in [-0.3, -0.25) is 4.79 Å². The third-order valence-corrected chi connectivity index (χ3v) is 6.40. The van der Waals surface area contributed by atoms with Crippen LogP contribution in [0.3, 0.4) is 0 Å². The van der Waals surface area contributed by atoms with Gasteiger partial charge in [0.2, 0.25) is 5.91 Å². The number of anilines is 1. The summed E-state index contributed by atoms with van der Waals surface area (Å²) in [6, 6.07) is 24.8. The van der Waals surface area contributed by atoms with E-state index in [1.54, 1.807) is 12.1 Å². The number of halogens is 1. The summed E-state index contributed by atoms with van der Waals surface area (Å²) < 4.78 is 0. The molecule has 1 saturated carbocycles. The zero-order valence-corrected chi connectivity index (χ0v) is 17.7. The summed E-state index contributed by atoms with van der Waals surface area (Å²) in [5.74, 6) is -0.0235. The summed E-state index contributed by atoms with van der Waals surface area (Å²) >= 11 is 5.97. The summed E-state index contributed by atoms with van der Waals surface area (Å²) in [5, 5.41) is 3.74. The summed E-state index contributed by atoms with van der Waals surface area (Å²) in [6.07, 6.45) is 2.85. The Morgan fingerprint density at radius 3 is 1.79 bits per heavy atom. The van der Waals surface area contributed by atoms with E-state index < -0.39 is 0 Å². The van der Waals surface area contributed by atoms with Crippen molar-refractivity contribution in [3.8, 4) is 0 Å². The number of rotatable bonds is 6. The monoisotopic (exact) mass is 403 g/mol. The van der Waals surface area contributed by atoms with Crippen LogP contribution in [0.5, 0.6) is 0 Å². The third kappa shape index (κ3) is 3.82. The van der Waals surface area contributed by atoms with Gasteiger partial charge in [-0.1, -0.05) is 74.0 Å². The van der Waals surface area contributed by atoms with E-state index in [-0.39, 0.29) is 17.2 Å². The Hall–Kier alpha value is -2.58. The van der Waals surface area contributed by atoms with Gasteiger partial charge in [-0.05, 0) is 65.8 Å². The molecule has 1 aliphatic rings. The van der Waals surface area contributed by atoms with Crippen LogP contribution in [0.15, 0.2) is 72.8 Å². The minimum absolute atomic E-state index is 0.0615. The number of carbonyl (C=O) groups is 1. The molecule has 0 spiro atoms. The Morgan fingerprint density at radius 2 is 1.34 bits per heavy atom. The SMILES string of the molecule is CCc1ccc(C2(c3ccc(CC)cc3)C[C@@H]2C(=O)Nc2ccc(Cl)cc2)cc1. The molecule has 0 bridgehead atoms. The van der Waals surface area contributed by atoms with E-state index in [1.807, 2.05) is 12.1 Å². The molecule has 1 amide bonds. The third-order valence-electron chi connectivity index (χ3n) is 6.14. The van der Waals surface area contributed by atoms with Crippen molar-refractivity contribution >= 4 is 23.2 Å². The number of nitrogens with one attached hydrogen (secondary N) is 1. The number of hydrogen-bond acceptors (Lipinski definition) is 1. The van der Waals surface area contributed by atoms with Crippen LogP contribution in [0.2, 0.25) is 5.02 Å². The van der Waals surface area contributed by atoms with Crippen LogP contribution in [0, 0.1) is 5.92 Å². The quantitative estimate of drug-likeness (QED) is 0.506. The second-order valence-electron chi connectivity index (χ2n) is 7.83. The molecule has 29 heavy (non-hydrogen) atoms. The van der Waals surface area contributed by atoms with Crippen LogP contribution in [-0.4, -0.2) is 5.91 Å². The van der Waals surface area contributed by atoms with Gasteiger partial charge in [-0.25, -0.2) is 0 Å². The van der Waals surface area contributed by atoms with Gasteiger partial charge in [-0.2, -0.15) is 0 Å². The molecule has 1 atom stereocenters. The van der Waals surface area contributed by atoms with Crippen molar-refractivity contribution in [2.24, 2.45) is 5.92 Å². The predicted octanol–water partition coefficient (Wildman–Crippen LogP) is 6.41. The van der Waals surface area contributed by atoms with Crippen LogP contribution >= 0.6 is 11.6 Å². The van der Waals surface area contributed by atoms with Crippen LogP contribution < -0.4 is 5.32 Å². The number of benzene rings is 3. The lowest BCUT2D eigenvalue weighted by atomic mass is 9.84. The second kappa shape index (κ2) is 8.04. The largest absolute Gasteiger partial charge is 0.326 e. The summed E-state index contributed by atoms with van der Waals surface area (Å²) in [6.45, 7) is 4.32. The first-order valence-corrected chi connectivity index (χ1v) is 10.7. The molecule has 1 N–H and O–H groups in total. The zero-order valence-electron chi connectivity index (χ0n) is 16.9. The highest BCUT2D eigenvalue weighted by atomic mass is 35.5. The van der Waals surface area contributed by atoms with E-state index in [2.05, 4.69) is 67.7 Å². The smallest absolute Gasteiger partial charge is 0.228 e. The van der Waals surface area contributed by atoms with Crippen molar-refractivity contribution in [3.05, 3.63) is 100 Å². The molecule has 148 valence electrons. The van der Waals surface area contributed by atoms with Gasteiger partial charge < -0.3 is 5.32 Å². The maximum absolute atomic E-state index is 13.1. The maximum atomic E-state index is 13.1. The van der Waals surface area contributed by atoms with Crippen molar-refractivity contribution in [3.63, 3.8) is 0 Å². The van der Waals surface area contributed by atoms with E-state index in [0.717, 1.165) is 24.9 Å². The highest BCUT2D eigenvalue weighted by Crippen LogP contribution is 2.59. The highest BCUT2D eigenvalue weighted by Gasteiger charge is 2.60. The van der Waals surface area contributed by atoms with Crippen LogP contribution in [0.1, 0.15) is 42.5 Å². The minimum Gasteiger partial charge on any atom is -0.326 e. The van der Waals surface area contributed by atoms with Crippen molar-refractivity contribution in [2.75, 3.05) is 5.32 Å². The molecule has 3 aromatic carbocycles. The van der Waals surface area contributed by atoms with Crippen LogP contribution in [-0.2, 0) is 23.1 Å². The number of carbonyl (C=O) groups excluding carboxylic acids is 1. The lowest BCUT2D eigenvalue weighted by Gasteiger charge is -2.20. The fraction of sp³-hybridized carbons (Fsp3) is 0.269. The van der Waals surface area contributed by atoms with Crippen molar-refractivity contribution < 1.29 is 4.79 Å². The van der Waals surface area contributed by atoms with E-state index in [4.69, 9.17) is 11.6 Å². The first kappa shape index (κ1) is 19.7. The first-order valence-electron chi connectivity index (χ1n) is 10.3. The van der Waals surface area contributed by atoms with Crippen molar-refractivity contribution in [2.45, 2.75) is 38.5 Å². The fourth-order valence-electron chi connectivity index (χ4n) is 4.22. The molecule has 0 aromatic heterocycles. The lowest BCUT2D eigenvalue weighted by molar-refractivity contribution is -0.117. The van der Waals surface area contributed by atoms with E-state index >= 15 is 0 Å². The van der Waals surface area contributed by atoms with E-state index in [9.17, 15) is 4.79 Å². The molecular weight excluding hydrogens is 378 g/mol. The van der Waals surface area contributed by atoms with Gasteiger partial charge in [0, 0.05) is 16.1 Å². The Morgan fingerprint density at radius 1 is 0.862 bits per heavy atom. The Kier molecular flexibility index (Phi) is 5.47. The van der Waals surface area contributed by atoms with Crippen molar-refractivity contribution in [1.82, 2.24) is 0 Å². The molecule has 0 heterocycles. The topological polar surface area (TPSA) is 29.1 Å². The molecular formula is C26H26ClNO. The van der Waals surface area contributed by atoms with Gasteiger partial charge in [0.15, 0.2) is 0 Å². The van der Waals surface area contributed by atoms with E-state index in [1.165, 1.54) is 22.3 Å². The molecule has 1 aliphatic carbocycles. The molecule has 0 aliphatic heterocycles. The predicted molar refractivity (Wildman–Crippen MR) is 121 cm³/mol. The summed E-state index contributed by atoms with van der Waals surface area (Å²) in [7, 11) is 0. The van der Waals surface area contributed by atoms with Gasteiger partial charge >= 0.3 is 0 Å². The molecule has 3 heteroatoms. The Bertz CT molecular complexity index is 943. The number of aryl methyl sites for hydroxylation is 2. The first-order chi connectivity index (χ1) is 14.1. The molecule has 3 aromatic rings. The van der Waals surface area contributed by atoms with Crippen LogP contribution in [0.25, 0.3) is 0 Å². The number of amides is 1. The molecule has 0 saturated heterocycles. The minimum atomic E-state index is -0.255. The van der Waals surface area contributed by atoms with Crippen molar-refractivity contribution in [1.29, 1.82) is 0 Å². The highest BCUT2D eigenvalue weighted by molar-refractivity contribution is 6.30. The average Bonchev–Trinajstić information content (AvgIpc) is 3.53. The molecule has 0 unspecified atom stereocenters. The normalized spacial score (nSPS) is 17.0. The molecule has 4 rings (SSSR count). The van der Waals surface area contributed by atoms with Gasteiger partial charge in [0.05, 0.1) is 5.92 Å². The molecule has 0 radical (unpaired) electrons. The molecule has 2 nitrogen and oxygen atoms in total. The van der Waals surface area contributed by atoms with E-state index in [0.29, 0.717) is 5.02 Å². The lowest BCUT2D eigenvalue weighted by Crippen LogP contribution is -2.22. The molecule has 1 fully saturated rings. The summed E-state index contributed by atoms with van der Waals surface area (Å²) in [5.41, 5.74) is 5.59. The van der Waals surface area contributed by atoms with Crippen LogP contribution in [0.4, 0.5) is 5.69 Å². The Labute approximate surface area is 177 Å². The van der Waals surface area contributed by atoms with Gasteiger partial charge in [0.25, 0.3) is 0 Å². The van der Waals surface area contributed by atoms with Gasteiger partial charge in [-0.15, -0.1) is 0 Å². The number of hydrogen-bond donors (Lipinski definition) is 1.